The van der Waals surface area contributed by atoms with E-state index in [9.17, 15) is 0 Å². The molecule has 4 aromatic rings. The highest BCUT2D eigenvalue weighted by Crippen LogP contribution is 2.33. The summed E-state index contributed by atoms with van der Waals surface area (Å²) in [5.74, 6) is 1.82. The number of benzene rings is 2. The molecule has 0 fully saturated rings. The largest absolute Gasteiger partial charge is 0.419 e. The summed E-state index contributed by atoms with van der Waals surface area (Å²) in [5, 5.41) is 16.2. The average Bonchev–Trinajstić information content (AvgIpc) is 3.39. The fraction of sp³-hybridized carbons (Fsp3) is 0.200. The first-order chi connectivity index (χ1) is 13.2. The fourth-order valence-electron chi connectivity index (χ4n) is 2.63. The molecule has 1 atom stereocenters. The quantitative estimate of drug-likeness (QED) is 0.480. The van der Waals surface area contributed by atoms with Crippen LogP contribution in [0.1, 0.15) is 30.6 Å². The van der Waals surface area contributed by atoms with Gasteiger partial charge in [0.05, 0.1) is 5.25 Å². The van der Waals surface area contributed by atoms with Gasteiger partial charge >= 0.3 is 0 Å². The first kappa shape index (κ1) is 17.5. The van der Waals surface area contributed by atoms with Crippen molar-refractivity contribution < 1.29 is 4.42 Å². The predicted octanol–water partition coefficient (Wildman–Crippen LogP) is 4.94. The Labute approximate surface area is 161 Å². The molecule has 0 aliphatic carbocycles. The number of aryl methyl sites for hydroxylation is 1. The minimum Gasteiger partial charge on any atom is -0.419 e. The number of thioether (sulfide) groups is 1. The maximum absolute atomic E-state index is 5.81. The van der Waals surface area contributed by atoms with Crippen molar-refractivity contribution >= 4 is 11.8 Å². The van der Waals surface area contributed by atoms with E-state index in [1.165, 1.54) is 17.3 Å². The van der Waals surface area contributed by atoms with Crippen LogP contribution in [-0.4, -0.2) is 25.4 Å². The molecular weight excluding hydrogens is 358 g/mol. The van der Waals surface area contributed by atoms with Crippen molar-refractivity contribution in [3.8, 4) is 22.8 Å². The minimum atomic E-state index is -0.0546. The molecule has 4 rings (SSSR count). The van der Waals surface area contributed by atoms with Crippen LogP contribution in [0.15, 0.2) is 64.2 Å². The second-order valence-corrected chi connectivity index (χ2v) is 7.40. The number of hydrogen-bond donors (Lipinski definition) is 1. The second-order valence-electron chi connectivity index (χ2n) is 6.09. The van der Waals surface area contributed by atoms with Gasteiger partial charge < -0.3 is 4.42 Å². The maximum atomic E-state index is 5.81. The van der Waals surface area contributed by atoms with Gasteiger partial charge in [0.1, 0.15) is 0 Å². The van der Waals surface area contributed by atoms with Crippen molar-refractivity contribution in [2.75, 3.05) is 0 Å². The lowest BCUT2D eigenvalue weighted by atomic mass is 10.1. The van der Waals surface area contributed by atoms with E-state index < -0.39 is 0 Å². The SMILES string of the molecule is CCc1ccc(-c2nc(S[C@@H](C)c3nnc(-c4ccccc4)o3)n[nH]2)cc1. The zero-order valence-electron chi connectivity index (χ0n) is 15.1. The number of aromatic amines is 1. The molecule has 0 unspecified atom stereocenters. The normalized spacial score (nSPS) is 12.2. The number of H-pyrrole nitrogens is 1. The third kappa shape index (κ3) is 3.93. The molecule has 6 nitrogen and oxygen atoms in total. The van der Waals surface area contributed by atoms with Crippen LogP contribution in [0.3, 0.4) is 0 Å². The lowest BCUT2D eigenvalue weighted by Gasteiger charge is -2.02. The molecule has 7 heteroatoms. The molecule has 0 saturated carbocycles. The predicted molar refractivity (Wildman–Crippen MR) is 105 cm³/mol. The molecule has 0 radical (unpaired) electrons. The Morgan fingerprint density at radius 3 is 2.52 bits per heavy atom. The molecule has 27 heavy (non-hydrogen) atoms. The molecule has 2 aromatic carbocycles. The molecular formula is C20H19N5OS. The van der Waals surface area contributed by atoms with E-state index in [1.807, 2.05) is 37.3 Å². The number of nitrogens with zero attached hydrogens (tertiary/aromatic N) is 4. The van der Waals surface area contributed by atoms with Crippen LogP contribution in [0.25, 0.3) is 22.8 Å². The average molecular weight is 377 g/mol. The van der Waals surface area contributed by atoms with Gasteiger partial charge in [-0.2, -0.15) is 0 Å². The zero-order chi connectivity index (χ0) is 18.6. The Bertz CT molecular complexity index is 1010. The Morgan fingerprint density at radius 2 is 1.78 bits per heavy atom. The van der Waals surface area contributed by atoms with Crippen molar-refractivity contribution in [2.24, 2.45) is 0 Å². The van der Waals surface area contributed by atoms with E-state index in [4.69, 9.17) is 4.42 Å². The number of hydrogen-bond acceptors (Lipinski definition) is 6. The van der Waals surface area contributed by atoms with Crippen molar-refractivity contribution in [2.45, 2.75) is 30.7 Å². The van der Waals surface area contributed by atoms with Gasteiger partial charge in [0.2, 0.25) is 16.9 Å². The number of rotatable bonds is 6. The zero-order valence-corrected chi connectivity index (χ0v) is 15.9. The van der Waals surface area contributed by atoms with Crippen molar-refractivity contribution in [1.29, 1.82) is 0 Å². The number of nitrogens with one attached hydrogen (secondary N) is 1. The lowest BCUT2D eigenvalue weighted by Crippen LogP contribution is -1.89. The highest BCUT2D eigenvalue weighted by Gasteiger charge is 2.18. The molecule has 0 amide bonds. The van der Waals surface area contributed by atoms with Crippen LogP contribution < -0.4 is 0 Å². The molecule has 0 aliphatic rings. The highest BCUT2D eigenvalue weighted by molar-refractivity contribution is 7.99. The summed E-state index contributed by atoms with van der Waals surface area (Å²) in [6, 6.07) is 18.1. The van der Waals surface area contributed by atoms with Crippen molar-refractivity contribution in [3.63, 3.8) is 0 Å². The molecule has 0 bridgehead atoms. The van der Waals surface area contributed by atoms with Crippen LogP contribution in [0.5, 0.6) is 0 Å². The Balaban J connectivity index is 1.46. The summed E-state index contributed by atoms with van der Waals surface area (Å²) in [7, 11) is 0. The van der Waals surface area contributed by atoms with Crippen LogP contribution in [-0.2, 0) is 6.42 Å². The highest BCUT2D eigenvalue weighted by atomic mass is 32.2. The van der Waals surface area contributed by atoms with Crippen LogP contribution in [0.2, 0.25) is 0 Å². The summed E-state index contributed by atoms with van der Waals surface area (Å²) >= 11 is 1.48. The van der Waals surface area contributed by atoms with Gasteiger partial charge in [0, 0.05) is 11.1 Å². The Kier molecular flexibility index (Phi) is 5.02. The van der Waals surface area contributed by atoms with Gasteiger partial charge in [0.15, 0.2) is 5.82 Å². The molecule has 2 heterocycles. The van der Waals surface area contributed by atoms with Crippen molar-refractivity contribution in [1.82, 2.24) is 25.4 Å². The number of aromatic nitrogens is 5. The van der Waals surface area contributed by atoms with E-state index in [1.54, 1.807) is 0 Å². The van der Waals surface area contributed by atoms with Crippen molar-refractivity contribution in [3.05, 3.63) is 66.1 Å². The molecule has 0 aliphatic heterocycles. The maximum Gasteiger partial charge on any atom is 0.247 e. The third-order valence-electron chi connectivity index (χ3n) is 4.19. The van der Waals surface area contributed by atoms with Gasteiger partial charge in [-0.1, -0.05) is 61.2 Å². The van der Waals surface area contributed by atoms with Gasteiger partial charge in [-0.3, -0.25) is 5.10 Å². The standard InChI is InChI=1S/C20H19N5OS/c1-3-14-9-11-15(12-10-14)17-21-20(25-22-17)27-13(2)18-23-24-19(26-18)16-7-5-4-6-8-16/h4-13H,3H2,1-2H3,(H,21,22,25)/t13-/m0/s1. The topological polar surface area (TPSA) is 80.5 Å². The molecule has 2 aromatic heterocycles. The molecule has 0 spiro atoms. The van der Waals surface area contributed by atoms with E-state index in [-0.39, 0.29) is 5.25 Å². The van der Waals surface area contributed by atoms with Crippen LogP contribution >= 0.6 is 11.8 Å². The van der Waals surface area contributed by atoms with Gasteiger partial charge in [-0.05, 0) is 31.0 Å². The summed E-state index contributed by atoms with van der Waals surface area (Å²) in [6.07, 6.45) is 1.02. The van der Waals surface area contributed by atoms with Gasteiger partial charge in [-0.25, -0.2) is 4.98 Å². The Hall–Kier alpha value is -2.93. The smallest absolute Gasteiger partial charge is 0.247 e. The first-order valence-electron chi connectivity index (χ1n) is 8.80. The van der Waals surface area contributed by atoms with Crippen LogP contribution in [0.4, 0.5) is 0 Å². The molecule has 1 N–H and O–H groups in total. The van der Waals surface area contributed by atoms with E-state index in [2.05, 4.69) is 56.6 Å². The fourth-order valence-corrected chi connectivity index (χ4v) is 3.39. The summed E-state index contributed by atoms with van der Waals surface area (Å²) in [6.45, 7) is 4.14. The Morgan fingerprint density at radius 1 is 1.00 bits per heavy atom. The van der Waals surface area contributed by atoms with E-state index in [0.29, 0.717) is 16.9 Å². The second kappa shape index (κ2) is 7.75. The first-order valence-corrected chi connectivity index (χ1v) is 9.68. The van der Waals surface area contributed by atoms with E-state index >= 15 is 0 Å². The van der Waals surface area contributed by atoms with Gasteiger partial charge in [-0.15, -0.1) is 15.3 Å². The van der Waals surface area contributed by atoms with Gasteiger partial charge in [0.25, 0.3) is 0 Å². The molecule has 0 saturated heterocycles. The summed E-state index contributed by atoms with van der Waals surface area (Å²) in [5.41, 5.74) is 3.22. The molecule has 136 valence electrons. The lowest BCUT2D eigenvalue weighted by molar-refractivity contribution is 0.509. The monoisotopic (exact) mass is 377 g/mol. The third-order valence-corrected chi connectivity index (χ3v) is 5.14. The summed E-state index contributed by atoms with van der Waals surface area (Å²) in [4.78, 5) is 4.57. The summed E-state index contributed by atoms with van der Waals surface area (Å²) < 4.78 is 5.81. The minimum absolute atomic E-state index is 0.0546. The van der Waals surface area contributed by atoms with E-state index in [0.717, 1.165) is 23.4 Å². The van der Waals surface area contributed by atoms with Crippen LogP contribution in [0, 0.1) is 0 Å².